The van der Waals surface area contributed by atoms with Crippen LogP contribution in [0.4, 0.5) is 22.0 Å². The Labute approximate surface area is 97.2 Å². The average Bonchev–Trinajstić information content (AvgIpc) is 2.25. The first kappa shape index (κ1) is 14.3. The highest BCUT2D eigenvalue weighted by molar-refractivity contribution is 5.89. The molecule has 0 amide bonds. The van der Waals surface area contributed by atoms with Crippen LogP contribution in [0.25, 0.3) is 0 Å². The summed E-state index contributed by atoms with van der Waals surface area (Å²) in [6.45, 7) is -0.886. The molecule has 3 N–H and O–H groups in total. The number of nitrogens with zero attached hydrogens (tertiary/aromatic N) is 1. The Balaban J connectivity index is 3.67. The van der Waals surface area contributed by atoms with Crippen molar-refractivity contribution in [2.24, 2.45) is 5.73 Å². The lowest BCUT2D eigenvalue weighted by molar-refractivity contribution is -0.138. The second-order valence-corrected chi connectivity index (χ2v) is 3.22. The first-order chi connectivity index (χ1) is 8.20. The quantitative estimate of drug-likeness (QED) is 0.825. The van der Waals surface area contributed by atoms with Crippen molar-refractivity contribution >= 4 is 5.97 Å². The molecular formula is C9H7F5N2O2. The smallest absolute Gasteiger partial charge is 0.417 e. The Hall–Kier alpha value is -1.77. The number of halogens is 5. The average molecular weight is 270 g/mol. The molecule has 0 saturated carbocycles. The first-order valence-corrected chi connectivity index (χ1v) is 4.50. The number of carbonyl (C=O) groups is 1. The van der Waals surface area contributed by atoms with Crippen molar-refractivity contribution in [2.75, 3.05) is 0 Å². The van der Waals surface area contributed by atoms with Gasteiger partial charge in [-0.2, -0.15) is 13.2 Å². The number of pyridine rings is 1. The fourth-order valence-electron chi connectivity index (χ4n) is 1.45. The molecule has 1 heterocycles. The van der Waals surface area contributed by atoms with Gasteiger partial charge in [0.25, 0.3) is 6.43 Å². The maximum absolute atomic E-state index is 12.7. The van der Waals surface area contributed by atoms with Gasteiger partial charge >= 0.3 is 12.1 Å². The molecule has 9 heteroatoms. The monoisotopic (exact) mass is 270 g/mol. The van der Waals surface area contributed by atoms with Gasteiger partial charge in [-0.15, -0.1) is 0 Å². The van der Waals surface area contributed by atoms with Gasteiger partial charge in [-0.1, -0.05) is 0 Å². The highest BCUT2D eigenvalue weighted by atomic mass is 19.4. The number of nitrogens with two attached hydrogens (primary N) is 1. The minimum atomic E-state index is -5.10. The number of alkyl halides is 5. The van der Waals surface area contributed by atoms with Crippen molar-refractivity contribution in [1.29, 1.82) is 0 Å². The number of aromatic carboxylic acids is 1. The van der Waals surface area contributed by atoms with Crippen LogP contribution in [0.3, 0.4) is 0 Å². The van der Waals surface area contributed by atoms with Gasteiger partial charge in [-0.05, 0) is 0 Å². The molecule has 0 atom stereocenters. The Morgan fingerprint density at radius 1 is 1.44 bits per heavy atom. The fraction of sp³-hybridized carbons (Fsp3) is 0.333. The molecule has 0 saturated heterocycles. The molecule has 0 aliphatic rings. The number of carboxylic acids is 1. The summed E-state index contributed by atoms with van der Waals surface area (Å²) in [4.78, 5) is 13.7. The Kier molecular flexibility index (Phi) is 3.85. The Morgan fingerprint density at radius 3 is 2.33 bits per heavy atom. The van der Waals surface area contributed by atoms with Gasteiger partial charge in [-0.3, -0.25) is 4.98 Å². The van der Waals surface area contributed by atoms with Crippen molar-refractivity contribution in [3.8, 4) is 0 Å². The predicted octanol–water partition coefficient (Wildman–Crippen LogP) is 2.19. The minimum Gasteiger partial charge on any atom is -0.478 e. The normalized spacial score (nSPS) is 11.9. The van der Waals surface area contributed by atoms with Gasteiger partial charge in [0.2, 0.25) is 0 Å². The lowest BCUT2D eigenvalue weighted by atomic mass is 10.0. The van der Waals surface area contributed by atoms with E-state index in [9.17, 15) is 26.7 Å². The van der Waals surface area contributed by atoms with Gasteiger partial charge in [0.15, 0.2) is 0 Å². The van der Waals surface area contributed by atoms with E-state index in [4.69, 9.17) is 10.8 Å². The van der Waals surface area contributed by atoms with E-state index in [1.165, 1.54) is 0 Å². The van der Waals surface area contributed by atoms with Crippen LogP contribution >= 0.6 is 0 Å². The third kappa shape index (κ3) is 2.55. The van der Waals surface area contributed by atoms with E-state index in [1.54, 1.807) is 0 Å². The first-order valence-electron chi connectivity index (χ1n) is 4.50. The van der Waals surface area contributed by atoms with E-state index < -0.39 is 47.5 Å². The maximum atomic E-state index is 12.7. The predicted molar refractivity (Wildman–Crippen MR) is 49.0 cm³/mol. The summed E-state index contributed by atoms with van der Waals surface area (Å²) in [6, 6.07) is 0. The molecule has 0 aliphatic heterocycles. The van der Waals surface area contributed by atoms with Crippen LogP contribution in [0.1, 0.15) is 33.6 Å². The zero-order chi connectivity index (χ0) is 14.1. The van der Waals surface area contributed by atoms with E-state index in [2.05, 4.69) is 4.98 Å². The van der Waals surface area contributed by atoms with Gasteiger partial charge in [0.05, 0.1) is 11.1 Å². The summed E-state index contributed by atoms with van der Waals surface area (Å²) in [7, 11) is 0. The van der Waals surface area contributed by atoms with Crippen molar-refractivity contribution in [3.63, 3.8) is 0 Å². The summed E-state index contributed by atoms with van der Waals surface area (Å²) in [5.74, 6) is -1.91. The zero-order valence-electron chi connectivity index (χ0n) is 8.63. The number of carboxylic acid groups (broad SMARTS) is 1. The van der Waals surface area contributed by atoms with Crippen LogP contribution in [0.15, 0.2) is 6.20 Å². The van der Waals surface area contributed by atoms with E-state index in [1.807, 2.05) is 0 Å². The third-order valence-corrected chi connectivity index (χ3v) is 2.14. The molecule has 1 aromatic heterocycles. The Bertz CT molecular complexity index is 473. The summed E-state index contributed by atoms with van der Waals surface area (Å²) in [5, 5.41) is 8.61. The van der Waals surface area contributed by atoms with Crippen LogP contribution in [0, 0.1) is 0 Å². The van der Waals surface area contributed by atoms with Crippen LogP contribution in [0.2, 0.25) is 0 Å². The van der Waals surface area contributed by atoms with Crippen molar-refractivity contribution in [2.45, 2.75) is 19.1 Å². The molecule has 1 aromatic rings. The summed E-state index contributed by atoms with van der Waals surface area (Å²) in [5.41, 5.74) is -0.0508. The van der Waals surface area contributed by atoms with E-state index >= 15 is 0 Å². The minimum absolute atomic E-state index is 0.256. The van der Waals surface area contributed by atoms with E-state index in [0.29, 0.717) is 0 Å². The highest BCUT2D eigenvalue weighted by Crippen LogP contribution is 2.37. The molecule has 100 valence electrons. The molecule has 1 rings (SSSR count). The van der Waals surface area contributed by atoms with Gasteiger partial charge in [-0.25, -0.2) is 13.6 Å². The standard InChI is InChI=1S/C9H7F5N2O2/c10-7(11)6-3(1-15)5(9(12,13)14)4(2-16-6)8(17)18/h2,7H,1,15H2,(H,17,18). The number of rotatable bonds is 3. The summed E-state index contributed by atoms with van der Waals surface area (Å²) < 4.78 is 63.1. The molecule has 0 unspecified atom stereocenters. The molecule has 4 nitrogen and oxygen atoms in total. The van der Waals surface area contributed by atoms with E-state index in [-0.39, 0.29) is 6.20 Å². The Morgan fingerprint density at radius 2 is 2.00 bits per heavy atom. The number of hydrogen-bond donors (Lipinski definition) is 2. The second kappa shape index (κ2) is 4.84. The van der Waals surface area contributed by atoms with Crippen LogP contribution in [-0.4, -0.2) is 16.1 Å². The van der Waals surface area contributed by atoms with Gasteiger partial charge in [0.1, 0.15) is 5.69 Å². The second-order valence-electron chi connectivity index (χ2n) is 3.22. The van der Waals surface area contributed by atoms with Crippen molar-refractivity contribution in [1.82, 2.24) is 4.98 Å². The molecule has 0 fully saturated rings. The maximum Gasteiger partial charge on any atom is 0.417 e. The van der Waals surface area contributed by atoms with Crippen LogP contribution in [-0.2, 0) is 12.7 Å². The number of aromatic nitrogens is 1. The van der Waals surface area contributed by atoms with Crippen molar-refractivity contribution in [3.05, 3.63) is 28.6 Å². The highest BCUT2D eigenvalue weighted by Gasteiger charge is 2.40. The SMILES string of the molecule is NCc1c(C(F)F)ncc(C(=O)O)c1C(F)(F)F. The number of hydrogen-bond acceptors (Lipinski definition) is 3. The molecule has 0 bridgehead atoms. The molecule has 0 aromatic carbocycles. The van der Waals surface area contributed by atoms with Gasteiger partial charge < -0.3 is 10.8 Å². The molecule has 18 heavy (non-hydrogen) atoms. The van der Waals surface area contributed by atoms with Crippen LogP contribution < -0.4 is 5.73 Å². The largest absolute Gasteiger partial charge is 0.478 e. The van der Waals surface area contributed by atoms with Gasteiger partial charge in [0, 0.05) is 18.3 Å². The topological polar surface area (TPSA) is 76.2 Å². The molecular weight excluding hydrogens is 263 g/mol. The molecule has 0 aliphatic carbocycles. The molecule has 0 spiro atoms. The van der Waals surface area contributed by atoms with Crippen molar-refractivity contribution < 1.29 is 31.9 Å². The summed E-state index contributed by atoms with van der Waals surface area (Å²) in [6.07, 6.45) is -8.12. The lowest BCUT2D eigenvalue weighted by Gasteiger charge is -2.16. The molecule has 0 radical (unpaired) electrons. The van der Waals surface area contributed by atoms with Crippen LogP contribution in [0.5, 0.6) is 0 Å². The fourth-order valence-corrected chi connectivity index (χ4v) is 1.45. The lowest BCUT2D eigenvalue weighted by Crippen LogP contribution is -2.21. The third-order valence-electron chi connectivity index (χ3n) is 2.14. The zero-order valence-corrected chi connectivity index (χ0v) is 8.63. The van der Waals surface area contributed by atoms with E-state index in [0.717, 1.165) is 0 Å². The summed E-state index contributed by atoms with van der Waals surface area (Å²) >= 11 is 0.